The Bertz CT molecular complexity index is 87.1. The van der Waals surface area contributed by atoms with E-state index in [0.717, 1.165) is 26.1 Å². The third-order valence-electron chi connectivity index (χ3n) is 1.63. The van der Waals surface area contributed by atoms with Crippen molar-refractivity contribution in [2.45, 2.75) is 19.4 Å². The average Bonchev–Trinajstić information content (AvgIpc) is 1.88. The number of rotatable bonds is 1. The van der Waals surface area contributed by atoms with Gasteiger partial charge in [0.1, 0.15) is 0 Å². The number of ether oxygens (including phenoxy) is 1. The highest BCUT2D eigenvalue weighted by molar-refractivity contribution is 4.64. The van der Waals surface area contributed by atoms with Crippen LogP contribution >= 0.6 is 0 Å². The minimum Gasteiger partial charge on any atom is -0.375 e. The standard InChI is InChI=1S/C6H14N2O/c1-2-6-5-8(7)3-4-9-6/h6H,2-5,7H2,1H3. The van der Waals surface area contributed by atoms with Crippen LogP contribution in [-0.2, 0) is 4.74 Å². The van der Waals surface area contributed by atoms with E-state index in [1.807, 2.05) is 5.01 Å². The molecule has 1 heterocycles. The number of nitrogens with zero attached hydrogens (tertiary/aromatic N) is 1. The van der Waals surface area contributed by atoms with Crippen LogP contribution in [0.5, 0.6) is 0 Å². The first-order chi connectivity index (χ1) is 4.33. The van der Waals surface area contributed by atoms with Crippen molar-refractivity contribution in [3.05, 3.63) is 0 Å². The van der Waals surface area contributed by atoms with Crippen molar-refractivity contribution in [1.29, 1.82) is 0 Å². The first-order valence-corrected chi connectivity index (χ1v) is 3.44. The number of hydrazine groups is 1. The lowest BCUT2D eigenvalue weighted by Crippen LogP contribution is -2.45. The third-order valence-corrected chi connectivity index (χ3v) is 1.63. The average molecular weight is 130 g/mol. The summed E-state index contributed by atoms with van der Waals surface area (Å²) in [7, 11) is 0. The molecule has 0 aromatic rings. The first-order valence-electron chi connectivity index (χ1n) is 3.44. The predicted octanol–water partition coefficient (Wildman–Crippen LogP) is -0.0291. The van der Waals surface area contributed by atoms with Crippen LogP contribution in [0.3, 0.4) is 0 Å². The van der Waals surface area contributed by atoms with Crippen LogP contribution in [0, 0.1) is 0 Å². The van der Waals surface area contributed by atoms with Crippen LogP contribution in [0.4, 0.5) is 0 Å². The van der Waals surface area contributed by atoms with Gasteiger partial charge < -0.3 is 4.74 Å². The van der Waals surface area contributed by atoms with E-state index < -0.39 is 0 Å². The fourth-order valence-electron chi connectivity index (χ4n) is 0.989. The van der Waals surface area contributed by atoms with Crippen molar-refractivity contribution in [3.8, 4) is 0 Å². The Morgan fingerprint density at radius 1 is 1.78 bits per heavy atom. The molecule has 3 nitrogen and oxygen atoms in total. The molecule has 0 aromatic heterocycles. The Morgan fingerprint density at radius 2 is 2.56 bits per heavy atom. The van der Waals surface area contributed by atoms with E-state index in [4.69, 9.17) is 10.6 Å². The monoisotopic (exact) mass is 130 g/mol. The van der Waals surface area contributed by atoms with Crippen molar-refractivity contribution in [2.75, 3.05) is 19.7 Å². The van der Waals surface area contributed by atoms with E-state index in [1.54, 1.807) is 0 Å². The summed E-state index contributed by atoms with van der Waals surface area (Å²) in [6.07, 6.45) is 1.43. The first kappa shape index (κ1) is 6.99. The molecule has 1 saturated heterocycles. The molecule has 2 N–H and O–H groups in total. The molecule has 1 aliphatic heterocycles. The van der Waals surface area contributed by atoms with E-state index in [-0.39, 0.29) is 0 Å². The Hall–Kier alpha value is -0.120. The second-order valence-electron chi connectivity index (χ2n) is 2.40. The lowest BCUT2D eigenvalue weighted by atomic mass is 10.2. The van der Waals surface area contributed by atoms with Gasteiger partial charge >= 0.3 is 0 Å². The third kappa shape index (κ3) is 1.93. The van der Waals surface area contributed by atoms with Gasteiger partial charge in [-0.15, -0.1) is 0 Å². The topological polar surface area (TPSA) is 38.5 Å². The van der Waals surface area contributed by atoms with Crippen molar-refractivity contribution in [2.24, 2.45) is 5.84 Å². The van der Waals surface area contributed by atoms with Crippen LogP contribution in [0.25, 0.3) is 0 Å². The molecule has 9 heavy (non-hydrogen) atoms. The maximum absolute atomic E-state index is 5.55. The molecule has 0 spiro atoms. The zero-order valence-corrected chi connectivity index (χ0v) is 5.84. The van der Waals surface area contributed by atoms with Crippen LogP contribution in [0.1, 0.15) is 13.3 Å². The largest absolute Gasteiger partial charge is 0.375 e. The van der Waals surface area contributed by atoms with Gasteiger partial charge in [0.15, 0.2) is 0 Å². The second-order valence-corrected chi connectivity index (χ2v) is 2.40. The fraction of sp³-hybridized carbons (Fsp3) is 1.00. The van der Waals surface area contributed by atoms with Crippen LogP contribution in [-0.4, -0.2) is 30.8 Å². The lowest BCUT2D eigenvalue weighted by molar-refractivity contribution is -0.0300. The summed E-state index contributed by atoms with van der Waals surface area (Å²) in [4.78, 5) is 0. The molecule has 0 bridgehead atoms. The van der Waals surface area contributed by atoms with Gasteiger partial charge in [-0.05, 0) is 6.42 Å². The normalized spacial score (nSPS) is 30.7. The van der Waals surface area contributed by atoms with E-state index in [2.05, 4.69) is 6.92 Å². The summed E-state index contributed by atoms with van der Waals surface area (Å²) in [6, 6.07) is 0. The van der Waals surface area contributed by atoms with Gasteiger partial charge in [0.25, 0.3) is 0 Å². The van der Waals surface area contributed by atoms with Crippen LogP contribution in [0.2, 0.25) is 0 Å². The molecule has 1 unspecified atom stereocenters. The van der Waals surface area contributed by atoms with Gasteiger partial charge in [0.2, 0.25) is 0 Å². The zero-order valence-electron chi connectivity index (χ0n) is 5.84. The smallest absolute Gasteiger partial charge is 0.0714 e. The molecule has 1 fully saturated rings. The molecular weight excluding hydrogens is 116 g/mol. The van der Waals surface area contributed by atoms with Crippen molar-refractivity contribution in [3.63, 3.8) is 0 Å². The maximum atomic E-state index is 5.55. The summed E-state index contributed by atoms with van der Waals surface area (Å²) in [6.45, 7) is 4.66. The van der Waals surface area contributed by atoms with Crippen molar-refractivity contribution < 1.29 is 4.74 Å². The Labute approximate surface area is 55.7 Å². The molecular formula is C6H14N2O. The Kier molecular flexibility index (Phi) is 2.45. The molecule has 0 aromatic carbocycles. The number of hydrogen-bond donors (Lipinski definition) is 1. The minimum atomic E-state index is 0.365. The SMILES string of the molecule is CCC1CN(N)CCO1. The molecule has 1 atom stereocenters. The van der Waals surface area contributed by atoms with Gasteiger partial charge in [-0.25, -0.2) is 5.01 Å². The quantitative estimate of drug-likeness (QED) is 0.507. The molecule has 0 radical (unpaired) electrons. The highest BCUT2D eigenvalue weighted by atomic mass is 16.5. The molecule has 3 heteroatoms. The highest BCUT2D eigenvalue weighted by Crippen LogP contribution is 2.03. The van der Waals surface area contributed by atoms with Gasteiger partial charge in [-0.1, -0.05) is 6.92 Å². The van der Waals surface area contributed by atoms with Gasteiger partial charge in [0.05, 0.1) is 12.7 Å². The molecule has 0 amide bonds. The van der Waals surface area contributed by atoms with Gasteiger partial charge in [-0.3, -0.25) is 5.84 Å². The summed E-state index contributed by atoms with van der Waals surface area (Å²) in [5.41, 5.74) is 0. The fourth-order valence-corrected chi connectivity index (χ4v) is 0.989. The molecule has 54 valence electrons. The molecule has 1 rings (SSSR count). The Morgan fingerprint density at radius 3 is 3.00 bits per heavy atom. The predicted molar refractivity (Wildman–Crippen MR) is 35.8 cm³/mol. The summed E-state index contributed by atoms with van der Waals surface area (Å²) in [5.74, 6) is 5.55. The summed E-state index contributed by atoms with van der Waals surface area (Å²) < 4.78 is 5.38. The van der Waals surface area contributed by atoms with E-state index >= 15 is 0 Å². The second kappa shape index (κ2) is 3.15. The lowest BCUT2D eigenvalue weighted by Gasteiger charge is -2.28. The maximum Gasteiger partial charge on any atom is 0.0714 e. The number of hydrogen-bond acceptors (Lipinski definition) is 3. The van der Waals surface area contributed by atoms with E-state index in [9.17, 15) is 0 Å². The van der Waals surface area contributed by atoms with Gasteiger partial charge in [0, 0.05) is 13.1 Å². The molecule has 1 aliphatic rings. The van der Waals surface area contributed by atoms with E-state index in [0.29, 0.717) is 6.10 Å². The highest BCUT2D eigenvalue weighted by Gasteiger charge is 2.15. The van der Waals surface area contributed by atoms with Gasteiger partial charge in [-0.2, -0.15) is 0 Å². The Balaban J connectivity index is 2.23. The van der Waals surface area contributed by atoms with Crippen molar-refractivity contribution >= 4 is 0 Å². The van der Waals surface area contributed by atoms with Crippen LogP contribution in [0.15, 0.2) is 0 Å². The molecule has 0 aliphatic carbocycles. The van der Waals surface area contributed by atoms with Crippen LogP contribution < -0.4 is 5.84 Å². The van der Waals surface area contributed by atoms with Crippen molar-refractivity contribution in [1.82, 2.24) is 5.01 Å². The number of nitrogens with two attached hydrogens (primary N) is 1. The molecule has 0 saturated carbocycles. The summed E-state index contributed by atoms with van der Waals surface area (Å²) in [5, 5.41) is 1.82. The minimum absolute atomic E-state index is 0.365. The number of morpholine rings is 1. The van der Waals surface area contributed by atoms with E-state index in [1.165, 1.54) is 0 Å². The zero-order chi connectivity index (χ0) is 6.69. The summed E-state index contributed by atoms with van der Waals surface area (Å²) >= 11 is 0.